The van der Waals surface area contributed by atoms with Crippen LogP contribution in [-0.2, 0) is 4.79 Å². The lowest BCUT2D eigenvalue weighted by atomic mass is 10.0. The Labute approximate surface area is 60.4 Å². The highest BCUT2D eigenvalue weighted by atomic mass is 16.2. The SMILES string of the molecule is CN1CC2CC1CNC2=O. The number of rotatable bonds is 0. The van der Waals surface area contributed by atoms with E-state index in [-0.39, 0.29) is 11.8 Å². The zero-order valence-corrected chi connectivity index (χ0v) is 6.13. The fourth-order valence-corrected chi connectivity index (χ4v) is 1.87. The summed E-state index contributed by atoms with van der Waals surface area (Å²) in [5.74, 6) is 0.532. The minimum Gasteiger partial charge on any atom is -0.354 e. The van der Waals surface area contributed by atoms with Crippen molar-refractivity contribution in [1.29, 1.82) is 0 Å². The number of hydrogen-bond donors (Lipinski definition) is 1. The van der Waals surface area contributed by atoms with Gasteiger partial charge in [0.25, 0.3) is 0 Å². The first kappa shape index (κ1) is 6.16. The third kappa shape index (κ3) is 0.736. The molecule has 3 nitrogen and oxygen atoms in total. The van der Waals surface area contributed by atoms with Crippen molar-refractivity contribution in [2.75, 3.05) is 20.1 Å². The van der Waals surface area contributed by atoms with E-state index in [1.165, 1.54) is 0 Å². The molecule has 10 heavy (non-hydrogen) atoms. The van der Waals surface area contributed by atoms with Crippen molar-refractivity contribution in [2.45, 2.75) is 12.5 Å². The van der Waals surface area contributed by atoms with Gasteiger partial charge in [-0.05, 0) is 13.5 Å². The number of carbonyl (C=O) groups excluding carboxylic acids is 1. The van der Waals surface area contributed by atoms with Crippen LogP contribution in [0.3, 0.4) is 0 Å². The van der Waals surface area contributed by atoms with Crippen molar-refractivity contribution in [2.24, 2.45) is 5.92 Å². The number of carbonyl (C=O) groups is 1. The fraction of sp³-hybridized carbons (Fsp3) is 0.857. The molecule has 2 atom stereocenters. The van der Waals surface area contributed by atoms with Crippen LogP contribution < -0.4 is 5.32 Å². The third-order valence-electron chi connectivity index (χ3n) is 2.57. The second kappa shape index (κ2) is 1.95. The summed E-state index contributed by atoms with van der Waals surface area (Å²) < 4.78 is 0. The van der Waals surface area contributed by atoms with Gasteiger partial charge in [-0.2, -0.15) is 0 Å². The summed E-state index contributed by atoms with van der Waals surface area (Å²) in [7, 11) is 2.09. The van der Waals surface area contributed by atoms with Gasteiger partial charge < -0.3 is 10.2 Å². The third-order valence-corrected chi connectivity index (χ3v) is 2.57. The van der Waals surface area contributed by atoms with Crippen molar-refractivity contribution in [3.8, 4) is 0 Å². The fourth-order valence-electron chi connectivity index (χ4n) is 1.87. The summed E-state index contributed by atoms with van der Waals surface area (Å²) in [6.45, 7) is 1.81. The van der Waals surface area contributed by atoms with Gasteiger partial charge in [-0.1, -0.05) is 0 Å². The lowest BCUT2D eigenvalue weighted by Gasteiger charge is -2.20. The maximum atomic E-state index is 11.1. The van der Waals surface area contributed by atoms with Gasteiger partial charge in [0.05, 0.1) is 5.92 Å². The number of nitrogens with zero attached hydrogens (tertiary/aromatic N) is 1. The Kier molecular flexibility index (Phi) is 1.20. The first-order valence-corrected chi connectivity index (χ1v) is 3.75. The van der Waals surface area contributed by atoms with Crippen LogP contribution in [0.15, 0.2) is 0 Å². The van der Waals surface area contributed by atoms with Crippen LogP contribution in [0.4, 0.5) is 0 Å². The molecule has 0 aliphatic carbocycles. The summed E-state index contributed by atoms with van der Waals surface area (Å²) in [6.07, 6.45) is 1.07. The molecule has 0 saturated carbocycles. The Hall–Kier alpha value is -0.570. The van der Waals surface area contributed by atoms with E-state index in [1.54, 1.807) is 0 Å². The van der Waals surface area contributed by atoms with Crippen molar-refractivity contribution >= 4 is 5.91 Å². The van der Waals surface area contributed by atoms with Gasteiger partial charge >= 0.3 is 0 Å². The first-order valence-electron chi connectivity index (χ1n) is 3.75. The van der Waals surface area contributed by atoms with E-state index in [4.69, 9.17) is 0 Å². The van der Waals surface area contributed by atoms with Gasteiger partial charge in [0.1, 0.15) is 0 Å². The number of fused-ring (bicyclic) bond motifs is 2. The lowest BCUT2D eigenvalue weighted by molar-refractivity contribution is -0.125. The molecule has 0 aromatic heterocycles. The van der Waals surface area contributed by atoms with E-state index in [1.807, 2.05) is 0 Å². The topological polar surface area (TPSA) is 32.3 Å². The van der Waals surface area contributed by atoms with Crippen LogP contribution in [0.1, 0.15) is 6.42 Å². The van der Waals surface area contributed by atoms with Crippen LogP contribution in [0.25, 0.3) is 0 Å². The molecule has 2 aliphatic heterocycles. The first-order chi connectivity index (χ1) is 4.77. The minimum atomic E-state index is 0.251. The molecular formula is C7H12N2O. The van der Waals surface area contributed by atoms with Gasteiger partial charge in [-0.3, -0.25) is 4.79 Å². The van der Waals surface area contributed by atoms with Gasteiger partial charge in [0.15, 0.2) is 0 Å². The summed E-state index contributed by atoms with van der Waals surface area (Å²) in [4.78, 5) is 13.3. The predicted octanol–water partition coefficient (Wildman–Crippen LogP) is -0.563. The molecule has 2 bridgehead atoms. The highest BCUT2D eigenvalue weighted by Gasteiger charge is 2.37. The Bertz CT molecular complexity index is 167. The molecular weight excluding hydrogens is 128 g/mol. The van der Waals surface area contributed by atoms with Gasteiger partial charge in [-0.25, -0.2) is 0 Å². The zero-order valence-electron chi connectivity index (χ0n) is 6.13. The molecule has 56 valence electrons. The molecule has 0 spiro atoms. The van der Waals surface area contributed by atoms with E-state index >= 15 is 0 Å². The molecule has 2 fully saturated rings. The average Bonchev–Trinajstić information content (AvgIpc) is 2.21. The Morgan fingerprint density at radius 3 is 3.20 bits per heavy atom. The molecule has 1 amide bonds. The van der Waals surface area contributed by atoms with Gasteiger partial charge in [0, 0.05) is 19.1 Å². The van der Waals surface area contributed by atoms with Crippen molar-refractivity contribution in [1.82, 2.24) is 10.2 Å². The Morgan fingerprint density at radius 1 is 1.70 bits per heavy atom. The largest absolute Gasteiger partial charge is 0.354 e. The smallest absolute Gasteiger partial charge is 0.224 e. The number of amides is 1. The molecule has 0 radical (unpaired) electrons. The zero-order chi connectivity index (χ0) is 7.14. The van der Waals surface area contributed by atoms with Crippen molar-refractivity contribution < 1.29 is 4.79 Å². The second-order valence-corrected chi connectivity index (χ2v) is 3.27. The van der Waals surface area contributed by atoms with Crippen LogP contribution >= 0.6 is 0 Å². The number of likely N-dealkylation sites (tertiary alicyclic amines) is 1. The molecule has 2 heterocycles. The Balaban J connectivity index is 2.15. The van der Waals surface area contributed by atoms with Crippen LogP contribution in [0.5, 0.6) is 0 Å². The highest BCUT2D eigenvalue weighted by molar-refractivity contribution is 5.80. The maximum Gasteiger partial charge on any atom is 0.224 e. The molecule has 2 saturated heterocycles. The average molecular weight is 140 g/mol. The second-order valence-electron chi connectivity index (χ2n) is 3.27. The van der Waals surface area contributed by atoms with Crippen LogP contribution in [-0.4, -0.2) is 37.0 Å². The number of hydrogen-bond acceptors (Lipinski definition) is 2. The summed E-state index contributed by atoms with van der Waals surface area (Å²) in [5.41, 5.74) is 0. The molecule has 2 aliphatic rings. The molecule has 0 aromatic rings. The maximum absolute atomic E-state index is 11.1. The molecule has 1 N–H and O–H groups in total. The molecule has 3 heteroatoms. The summed E-state index contributed by atoms with van der Waals surface area (Å²) in [6, 6.07) is 0.614. The van der Waals surface area contributed by atoms with Crippen LogP contribution in [0, 0.1) is 5.92 Å². The standard InChI is InChI=1S/C7H12N2O/c1-9-4-5-2-6(9)3-8-7(5)10/h5-6H,2-4H2,1H3,(H,8,10). The minimum absolute atomic E-state index is 0.251. The van der Waals surface area contributed by atoms with Gasteiger partial charge in [0.2, 0.25) is 5.91 Å². The summed E-state index contributed by atoms with van der Waals surface area (Å²) >= 11 is 0. The number of nitrogens with one attached hydrogen (secondary N) is 1. The van der Waals surface area contributed by atoms with E-state index in [9.17, 15) is 4.79 Å². The lowest BCUT2D eigenvalue weighted by Crippen LogP contribution is -2.41. The van der Waals surface area contributed by atoms with Gasteiger partial charge in [-0.15, -0.1) is 0 Å². The predicted molar refractivity (Wildman–Crippen MR) is 37.5 cm³/mol. The number of likely N-dealkylation sites (N-methyl/N-ethyl adjacent to an activating group) is 1. The van der Waals surface area contributed by atoms with Crippen molar-refractivity contribution in [3.63, 3.8) is 0 Å². The quantitative estimate of drug-likeness (QED) is 0.489. The Morgan fingerprint density at radius 2 is 2.50 bits per heavy atom. The van der Waals surface area contributed by atoms with Crippen molar-refractivity contribution in [3.05, 3.63) is 0 Å². The van der Waals surface area contributed by atoms with E-state index in [2.05, 4.69) is 17.3 Å². The molecule has 2 rings (SSSR count). The molecule has 2 unspecified atom stereocenters. The van der Waals surface area contributed by atoms with Crippen LogP contribution in [0.2, 0.25) is 0 Å². The normalized spacial score (nSPS) is 39.9. The number of piperidine rings is 1. The molecule has 0 aromatic carbocycles. The van der Waals surface area contributed by atoms with E-state index < -0.39 is 0 Å². The monoisotopic (exact) mass is 140 g/mol. The van der Waals surface area contributed by atoms with E-state index in [0.29, 0.717) is 6.04 Å². The summed E-state index contributed by atoms with van der Waals surface area (Å²) in [5, 5.41) is 2.89. The van der Waals surface area contributed by atoms with E-state index in [0.717, 1.165) is 19.5 Å². The highest BCUT2D eigenvalue weighted by Crippen LogP contribution is 2.24.